The zero-order valence-corrected chi connectivity index (χ0v) is 9.84. The maximum absolute atomic E-state index is 9.11. The van der Waals surface area contributed by atoms with Crippen LogP contribution < -0.4 is 0 Å². The number of thiazole rings is 1. The highest BCUT2D eigenvalue weighted by Gasteiger charge is 2.12. The molecule has 1 aromatic rings. The van der Waals surface area contributed by atoms with Crippen molar-refractivity contribution in [1.29, 1.82) is 0 Å². The first-order chi connectivity index (χ1) is 6.19. The monoisotopic (exact) mass is 217 g/mol. The van der Waals surface area contributed by atoms with E-state index in [2.05, 4.69) is 25.1 Å². The maximum atomic E-state index is 9.11. The summed E-state index contributed by atoms with van der Waals surface area (Å²) in [6.45, 7) is 4.34. The number of thioether (sulfide) groups is 1. The molecule has 74 valence electrons. The molecule has 0 aromatic carbocycles. The highest BCUT2D eigenvalue weighted by Crippen LogP contribution is 2.26. The molecule has 1 aromatic heterocycles. The molecular weight excluding hydrogens is 202 g/mol. The van der Waals surface area contributed by atoms with Gasteiger partial charge in [-0.2, -0.15) is 11.8 Å². The van der Waals surface area contributed by atoms with Gasteiger partial charge in [-0.1, -0.05) is 13.8 Å². The van der Waals surface area contributed by atoms with Crippen LogP contribution in [0.5, 0.6) is 0 Å². The molecule has 1 rings (SSSR count). The standard InChI is InChI=1S/C9H15NOS2/c1-6(2)9-7(4-11)13-8(10-9)5-12-3/h6,11H,4-5H2,1-3H3. The van der Waals surface area contributed by atoms with Crippen molar-refractivity contribution in [3.05, 3.63) is 15.6 Å². The Morgan fingerprint density at radius 3 is 2.62 bits per heavy atom. The van der Waals surface area contributed by atoms with Crippen LogP contribution in [-0.4, -0.2) is 16.3 Å². The number of aliphatic hydroxyl groups is 1. The van der Waals surface area contributed by atoms with Crippen molar-refractivity contribution >= 4 is 23.1 Å². The van der Waals surface area contributed by atoms with Gasteiger partial charge in [0.15, 0.2) is 0 Å². The normalized spacial score (nSPS) is 11.2. The molecule has 0 aliphatic carbocycles. The molecule has 0 unspecified atom stereocenters. The van der Waals surface area contributed by atoms with Crippen LogP contribution in [0.3, 0.4) is 0 Å². The molecule has 0 radical (unpaired) electrons. The summed E-state index contributed by atoms with van der Waals surface area (Å²) >= 11 is 3.40. The third kappa shape index (κ3) is 2.69. The SMILES string of the molecule is CSCc1nc(C(C)C)c(CO)s1. The summed E-state index contributed by atoms with van der Waals surface area (Å²) in [7, 11) is 0. The average Bonchev–Trinajstić information content (AvgIpc) is 2.48. The van der Waals surface area contributed by atoms with Crippen molar-refractivity contribution in [3.63, 3.8) is 0 Å². The van der Waals surface area contributed by atoms with Crippen LogP contribution in [-0.2, 0) is 12.4 Å². The molecule has 0 fully saturated rings. The number of hydrogen-bond donors (Lipinski definition) is 1. The van der Waals surface area contributed by atoms with Crippen LogP contribution in [0.4, 0.5) is 0 Å². The summed E-state index contributed by atoms with van der Waals surface area (Å²) in [6.07, 6.45) is 2.06. The molecule has 13 heavy (non-hydrogen) atoms. The predicted molar refractivity (Wildman–Crippen MR) is 59.3 cm³/mol. The molecule has 0 aliphatic rings. The van der Waals surface area contributed by atoms with E-state index in [0.29, 0.717) is 5.92 Å². The fourth-order valence-electron chi connectivity index (χ4n) is 1.16. The van der Waals surface area contributed by atoms with E-state index >= 15 is 0 Å². The number of hydrogen-bond acceptors (Lipinski definition) is 4. The highest BCUT2D eigenvalue weighted by atomic mass is 32.2. The van der Waals surface area contributed by atoms with Gasteiger partial charge in [0.05, 0.1) is 17.2 Å². The minimum Gasteiger partial charge on any atom is -0.391 e. The van der Waals surface area contributed by atoms with Crippen LogP contribution in [0.1, 0.15) is 35.3 Å². The Morgan fingerprint density at radius 2 is 2.23 bits per heavy atom. The lowest BCUT2D eigenvalue weighted by molar-refractivity contribution is 0.283. The van der Waals surface area contributed by atoms with E-state index in [4.69, 9.17) is 5.11 Å². The van der Waals surface area contributed by atoms with Gasteiger partial charge in [-0.15, -0.1) is 11.3 Å². The summed E-state index contributed by atoms with van der Waals surface area (Å²) in [5.41, 5.74) is 1.07. The molecule has 0 atom stereocenters. The van der Waals surface area contributed by atoms with E-state index in [0.717, 1.165) is 21.3 Å². The van der Waals surface area contributed by atoms with Gasteiger partial charge in [-0.25, -0.2) is 4.98 Å². The van der Waals surface area contributed by atoms with E-state index in [1.807, 2.05) is 0 Å². The molecule has 1 N–H and O–H groups in total. The zero-order chi connectivity index (χ0) is 9.84. The third-order valence-corrected chi connectivity index (χ3v) is 3.53. The van der Waals surface area contributed by atoms with Gasteiger partial charge in [0.25, 0.3) is 0 Å². The fraction of sp³-hybridized carbons (Fsp3) is 0.667. The molecule has 0 saturated heterocycles. The molecule has 2 nitrogen and oxygen atoms in total. The number of rotatable bonds is 4. The zero-order valence-electron chi connectivity index (χ0n) is 8.20. The van der Waals surface area contributed by atoms with Crippen LogP contribution in [0.2, 0.25) is 0 Å². The lowest BCUT2D eigenvalue weighted by Gasteiger charge is -2.01. The summed E-state index contributed by atoms with van der Waals surface area (Å²) in [6, 6.07) is 0. The number of aliphatic hydroxyl groups excluding tert-OH is 1. The van der Waals surface area contributed by atoms with E-state index in [1.165, 1.54) is 0 Å². The Labute approximate surface area is 87.4 Å². The Balaban J connectivity index is 2.90. The van der Waals surface area contributed by atoms with Crippen molar-refractivity contribution in [2.45, 2.75) is 32.1 Å². The van der Waals surface area contributed by atoms with E-state index in [1.54, 1.807) is 23.1 Å². The first-order valence-electron chi connectivity index (χ1n) is 4.27. The summed E-state index contributed by atoms with van der Waals surface area (Å²) < 4.78 is 0. The largest absolute Gasteiger partial charge is 0.391 e. The first kappa shape index (κ1) is 11.0. The Hall–Kier alpha value is -0.0600. The summed E-state index contributed by atoms with van der Waals surface area (Å²) in [4.78, 5) is 5.53. The number of aromatic nitrogens is 1. The highest BCUT2D eigenvalue weighted by molar-refractivity contribution is 7.97. The van der Waals surface area contributed by atoms with Gasteiger partial charge in [-0.05, 0) is 12.2 Å². The quantitative estimate of drug-likeness (QED) is 0.841. The van der Waals surface area contributed by atoms with Gasteiger partial charge in [0.2, 0.25) is 0 Å². The van der Waals surface area contributed by atoms with E-state index in [9.17, 15) is 0 Å². The molecule has 0 aliphatic heterocycles. The van der Waals surface area contributed by atoms with Crippen molar-refractivity contribution in [3.8, 4) is 0 Å². The molecule has 0 saturated carbocycles. The van der Waals surface area contributed by atoms with E-state index < -0.39 is 0 Å². The molecule has 4 heteroatoms. The van der Waals surface area contributed by atoms with Gasteiger partial charge >= 0.3 is 0 Å². The molecular formula is C9H15NOS2. The molecule has 0 spiro atoms. The van der Waals surface area contributed by atoms with Crippen molar-refractivity contribution in [1.82, 2.24) is 4.98 Å². The Kier molecular flexibility index (Phi) is 4.22. The minimum absolute atomic E-state index is 0.125. The lowest BCUT2D eigenvalue weighted by Crippen LogP contribution is -1.93. The second-order valence-corrected chi connectivity index (χ2v) is 5.20. The summed E-state index contributed by atoms with van der Waals surface area (Å²) in [5, 5.41) is 10.2. The molecule has 0 amide bonds. The maximum Gasteiger partial charge on any atom is 0.103 e. The predicted octanol–water partition coefficient (Wildman–Crippen LogP) is 2.62. The van der Waals surface area contributed by atoms with Gasteiger partial charge in [0, 0.05) is 5.75 Å². The Bertz CT molecular complexity index is 271. The second kappa shape index (κ2) is 4.98. The van der Waals surface area contributed by atoms with Gasteiger partial charge in [-0.3, -0.25) is 0 Å². The second-order valence-electron chi connectivity index (χ2n) is 3.16. The first-order valence-corrected chi connectivity index (χ1v) is 6.48. The van der Waals surface area contributed by atoms with Crippen molar-refractivity contribution in [2.75, 3.05) is 6.26 Å². The minimum atomic E-state index is 0.125. The molecule has 0 bridgehead atoms. The van der Waals surface area contributed by atoms with Crippen molar-refractivity contribution < 1.29 is 5.11 Å². The van der Waals surface area contributed by atoms with Crippen LogP contribution >= 0.6 is 23.1 Å². The fourth-order valence-corrected chi connectivity index (χ4v) is 2.94. The summed E-state index contributed by atoms with van der Waals surface area (Å²) in [5.74, 6) is 1.36. The van der Waals surface area contributed by atoms with Crippen LogP contribution in [0, 0.1) is 0 Å². The van der Waals surface area contributed by atoms with Gasteiger partial charge < -0.3 is 5.11 Å². The lowest BCUT2D eigenvalue weighted by atomic mass is 10.1. The number of nitrogens with zero attached hydrogens (tertiary/aromatic N) is 1. The molecule has 1 heterocycles. The van der Waals surface area contributed by atoms with Crippen molar-refractivity contribution in [2.24, 2.45) is 0 Å². The van der Waals surface area contributed by atoms with E-state index in [-0.39, 0.29) is 6.61 Å². The van der Waals surface area contributed by atoms with Crippen LogP contribution in [0.25, 0.3) is 0 Å². The topological polar surface area (TPSA) is 33.1 Å². The van der Waals surface area contributed by atoms with Crippen LogP contribution in [0.15, 0.2) is 0 Å². The Morgan fingerprint density at radius 1 is 1.54 bits per heavy atom. The van der Waals surface area contributed by atoms with Gasteiger partial charge in [0.1, 0.15) is 5.01 Å². The third-order valence-electron chi connectivity index (χ3n) is 1.73. The smallest absolute Gasteiger partial charge is 0.103 e. The average molecular weight is 217 g/mol.